The molecular weight excluding hydrogens is 378 g/mol. The summed E-state index contributed by atoms with van der Waals surface area (Å²) in [6.07, 6.45) is 0. The van der Waals surface area contributed by atoms with Crippen LogP contribution in [0.3, 0.4) is 0 Å². The van der Waals surface area contributed by atoms with E-state index >= 15 is 0 Å². The summed E-state index contributed by atoms with van der Waals surface area (Å²) in [4.78, 5) is 24.1. The van der Waals surface area contributed by atoms with E-state index in [2.05, 4.69) is 16.7 Å². The van der Waals surface area contributed by atoms with E-state index in [4.69, 9.17) is 10.00 Å². The zero-order valence-electron chi connectivity index (χ0n) is 16.5. The second-order valence-electron chi connectivity index (χ2n) is 6.49. The van der Waals surface area contributed by atoms with Crippen LogP contribution in [-0.2, 0) is 4.79 Å². The first kappa shape index (κ1) is 20.6. The fraction of sp³-hybridized carbons (Fsp3) is 0.125. The number of amides is 2. The molecule has 0 bridgehead atoms. The third-order valence-corrected chi connectivity index (χ3v) is 4.32. The molecule has 6 nitrogen and oxygen atoms in total. The minimum absolute atomic E-state index is 0.151. The van der Waals surface area contributed by atoms with E-state index in [-0.39, 0.29) is 18.4 Å². The van der Waals surface area contributed by atoms with Crippen LogP contribution < -0.4 is 15.4 Å². The zero-order chi connectivity index (χ0) is 21.3. The molecule has 150 valence electrons. The predicted octanol–water partition coefficient (Wildman–Crippen LogP) is 3.99. The molecule has 0 fully saturated rings. The maximum absolute atomic E-state index is 12.2. The van der Waals surface area contributed by atoms with Gasteiger partial charge in [0, 0.05) is 17.8 Å². The van der Waals surface area contributed by atoms with Gasteiger partial charge in [-0.25, -0.2) is 0 Å². The molecule has 2 N–H and O–H groups in total. The minimum atomic E-state index is -0.320. The van der Waals surface area contributed by atoms with Crippen molar-refractivity contribution in [2.45, 2.75) is 6.92 Å². The molecule has 3 rings (SSSR count). The van der Waals surface area contributed by atoms with Crippen LogP contribution in [0.15, 0.2) is 72.8 Å². The molecule has 0 radical (unpaired) electrons. The van der Waals surface area contributed by atoms with E-state index in [9.17, 15) is 9.59 Å². The van der Waals surface area contributed by atoms with Crippen LogP contribution in [0.1, 0.15) is 22.8 Å². The van der Waals surface area contributed by atoms with E-state index in [1.165, 1.54) is 0 Å². The summed E-state index contributed by atoms with van der Waals surface area (Å²) >= 11 is 0. The molecule has 0 saturated heterocycles. The molecule has 30 heavy (non-hydrogen) atoms. The van der Waals surface area contributed by atoms with E-state index in [1.54, 1.807) is 48.5 Å². The Kier molecular flexibility index (Phi) is 6.80. The molecule has 2 amide bonds. The largest absolute Gasteiger partial charge is 0.484 e. The summed E-state index contributed by atoms with van der Waals surface area (Å²) in [6.45, 7) is 2.23. The van der Waals surface area contributed by atoms with Crippen molar-refractivity contribution in [1.29, 1.82) is 5.26 Å². The molecule has 0 unspecified atom stereocenters. The Hall–Kier alpha value is -4.11. The molecule has 0 aromatic heterocycles. The normalized spacial score (nSPS) is 10.0. The minimum Gasteiger partial charge on any atom is -0.484 e. The van der Waals surface area contributed by atoms with Crippen LogP contribution in [-0.4, -0.2) is 25.0 Å². The number of nitriles is 1. The number of ether oxygens (including phenoxy) is 1. The van der Waals surface area contributed by atoms with Gasteiger partial charge in [-0.2, -0.15) is 5.26 Å². The summed E-state index contributed by atoms with van der Waals surface area (Å²) < 4.78 is 5.55. The van der Waals surface area contributed by atoms with Crippen molar-refractivity contribution in [2.24, 2.45) is 0 Å². The van der Waals surface area contributed by atoms with E-state index in [0.717, 1.165) is 11.1 Å². The van der Waals surface area contributed by atoms with Crippen LogP contribution in [0.5, 0.6) is 5.75 Å². The first-order valence-electron chi connectivity index (χ1n) is 9.50. The van der Waals surface area contributed by atoms with Crippen LogP contribution in [0, 0.1) is 11.3 Å². The van der Waals surface area contributed by atoms with Crippen molar-refractivity contribution in [2.75, 3.05) is 18.5 Å². The molecule has 0 spiro atoms. The van der Waals surface area contributed by atoms with Crippen molar-refractivity contribution in [1.82, 2.24) is 5.32 Å². The lowest BCUT2D eigenvalue weighted by Gasteiger charge is -2.09. The topological polar surface area (TPSA) is 91.2 Å². The van der Waals surface area contributed by atoms with Gasteiger partial charge < -0.3 is 15.4 Å². The SMILES string of the molecule is CCNC(=O)c1cccc(NC(=O)COc2ccc(-c3ccc(C#N)cc3)cc2)c1. The Labute approximate surface area is 175 Å². The molecule has 0 saturated carbocycles. The number of benzene rings is 3. The van der Waals surface area contributed by atoms with Gasteiger partial charge in [0.1, 0.15) is 5.75 Å². The van der Waals surface area contributed by atoms with Crippen LogP contribution in [0.25, 0.3) is 11.1 Å². The Morgan fingerprint density at radius 1 is 0.967 bits per heavy atom. The standard InChI is InChI=1S/C24H21N3O3/c1-2-26-24(29)20-4-3-5-21(14-20)27-23(28)16-30-22-12-10-19(11-13-22)18-8-6-17(15-25)7-9-18/h3-14H,2,16H2,1H3,(H,26,29)(H,27,28). The maximum atomic E-state index is 12.2. The van der Waals surface area contributed by atoms with Crippen molar-refractivity contribution in [3.8, 4) is 22.9 Å². The number of carbonyl (C=O) groups excluding carboxylic acids is 2. The smallest absolute Gasteiger partial charge is 0.262 e. The van der Waals surface area contributed by atoms with E-state index in [1.807, 2.05) is 31.2 Å². The van der Waals surface area contributed by atoms with Gasteiger partial charge in [0.05, 0.1) is 11.6 Å². The van der Waals surface area contributed by atoms with Gasteiger partial charge in [-0.05, 0) is 60.5 Å². The van der Waals surface area contributed by atoms with E-state index < -0.39 is 0 Å². The molecule has 0 aliphatic heterocycles. The summed E-state index contributed by atoms with van der Waals surface area (Å²) in [5.74, 6) is 0.0602. The van der Waals surface area contributed by atoms with Gasteiger partial charge in [0.15, 0.2) is 6.61 Å². The monoisotopic (exact) mass is 399 g/mol. The van der Waals surface area contributed by atoms with E-state index in [0.29, 0.717) is 29.1 Å². The highest BCUT2D eigenvalue weighted by atomic mass is 16.5. The summed E-state index contributed by atoms with van der Waals surface area (Å²) in [7, 11) is 0. The summed E-state index contributed by atoms with van der Waals surface area (Å²) in [5, 5.41) is 14.3. The third kappa shape index (κ3) is 5.46. The molecule has 0 aliphatic carbocycles. The molecule has 3 aromatic rings. The number of hydrogen-bond donors (Lipinski definition) is 2. The van der Waals surface area contributed by atoms with Crippen molar-refractivity contribution >= 4 is 17.5 Å². The average Bonchev–Trinajstić information content (AvgIpc) is 2.78. The number of anilines is 1. The van der Waals surface area contributed by atoms with Crippen molar-refractivity contribution in [3.05, 3.63) is 83.9 Å². The second-order valence-corrected chi connectivity index (χ2v) is 6.49. The highest BCUT2D eigenvalue weighted by Gasteiger charge is 2.08. The number of carbonyl (C=O) groups is 2. The van der Waals surface area contributed by atoms with Gasteiger partial charge in [-0.15, -0.1) is 0 Å². The van der Waals surface area contributed by atoms with Gasteiger partial charge >= 0.3 is 0 Å². The number of nitrogens with zero attached hydrogens (tertiary/aromatic N) is 1. The van der Waals surface area contributed by atoms with Crippen molar-refractivity contribution in [3.63, 3.8) is 0 Å². The molecule has 0 aliphatic rings. The fourth-order valence-electron chi connectivity index (χ4n) is 2.83. The number of hydrogen-bond acceptors (Lipinski definition) is 4. The molecule has 6 heteroatoms. The summed E-state index contributed by atoms with van der Waals surface area (Å²) in [5.41, 5.74) is 3.60. The molecular formula is C24H21N3O3. The van der Waals surface area contributed by atoms with Crippen LogP contribution in [0.2, 0.25) is 0 Å². The fourth-order valence-corrected chi connectivity index (χ4v) is 2.83. The Bertz CT molecular complexity index is 1070. The Morgan fingerprint density at radius 2 is 1.63 bits per heavy atom. The molecule has 3 aromatic carbocycles. The number of rotatable bonds is 7. The molecule has 0 atom stereocenters. The lowest BCUT2D eigenvalue weighted by Crippen LogP contribution is -2.23. The maximum Gasteiger partial charge on any atom is 0.262 e. The average molecular weight is 399 g/mol. The van der Waals surface area contributed by atoms with Gasteiger partial charge in [0.25, 0.3) is 11.8 Å². The predicted molar refractivity (Wildman–Crippen MR) is 115 cm³/mol. The van der Waals surface area contributed by atoms with Crippen LogP contribution >= 0.6 is 0 Å². The highest BCUT2D eigenvalue weighted by Crippen LogP contribution is 2.23. The Morgan fingerprint density at radius 3 is 2.27 bits per heavy atom. The molecule has 0 heterocycles. The number of nitrogens with one attached hydrogen (secondary N) is 2. The third-order valence-electron chi connectivity index (χ3n) is 4.32. The van der Waals surface area contributed by atoms with Gasteiger partial charge in [-0.3, -0.25) is 9.59 Å². The van der Waals surface area contributed by atoms with Crippen molar-refractivity contribution < 1.29 is 14.3 Å². The highest BCUT2D eigenvalue weighted by molar-refractivity contribution is 5.97. The zero-order valence-corrected chi connectivity index (χ0v) is 16.5. The second kappa shape index (κ2) is 9.89. The first-order chi connectivity index (χ1) is 14.6. The lowest BCUT2D eigenvalue weighted by molar-refractivity contribution is -0.118. The first-order valence-corrected chi connectivity index (χ1v) is 9.50. The summed E-state index contributed by atoms with van der Waals surface area (Å²) in [6, 6.07) is 23.5. The van der Waals surface area contributed by atoms with Crippen LogP contribution in [0.4, 0.5) is 5.69 Å². The Balaban J connectivity index is 1.55. The lowest BCUT2D eigenvalue weighted by atomic mass is 10.0. The quantitative estimate of drug-likeness (QED) is 0.628. The van der Waals surface area contributed by atoms with Gasteiger partial charge in [0.2, 0.25) is 0 Å². The van der Waals surface area contributed by atoms with Gasteiger partial charge in [-0.1, -0.05) is 30.3 Å².